The fourth-order valence-corrected chi connectivity index (χ4v) is 2.61. The van der Waals surface area contributed by atoms with E-state index in [4.69, 9.17) is 9.47 Å². The topological polar surface area (TPSA) is 44.2 Å². The molecule has 2 aromatic rings. The van der Waals surface area contributed by atoms with E-state index in [0.717, 1.165) is 35.0 Å². The average Bonchev–Trinajstić information content (AvgIpc) is 2.49. The quantitative estimate of drug-likeness (QED) is 0.842. The molecule has 118 valence electrons. The first kappa shape index (κ1) is 16.3. The molecule has 0 spiro atoms. The lowest BCUT2D eigenvalue weighted by molar-refractivity contribution is 0.354. The number of methoxy groups -OCH3 is 2. The molecule has 0 amide bonds. The lowest BCUT2D eigenvalue weighted by Gasteiger charge is -2.18. The van der Waals surface area contributed by atoms with Gasteiger partial charge < -0.3 is 9.47 Å². The van der Waals surface area contributed by atoms with Crippen molar-refractivity contribution in [3.05, 3.63) is 46.5 Å². The lowest BCUT2D eigenvalue weighted by atomic mass is 9.92. The Balaban J connectivity index is 2.48. The van der Waals surface area contributed by atoms with Crippen molar-refractivity contribution in [2.75, 3.05) is 14.2 Å². The van der Waals surface area contributed by atoms with Crippen molar-refractivity contribution in [1.82, 2.24) is 9.97 Å². The maximum atomic E-state index is 5.44. The van der Waals surface area contributed by atoms with Crippen LogP contribution in [0.15, 0.2) is 18.3 Å². The maximum Gasteiger partial charge on any atom is 0.161 e. The summed E-state index contributed by atoms with van der Waals surface area (Å²) < 4.78 is 10.9. The highest BCUT2D eigenvalue weighted by atomic mass is 16.5. The summed E-state index contributed by atoms with van der Waals surface area (Å²) in [4.78, 5) is 8.77. The first-order valence-corrected chi connectivity index (χ1v) is 7.50. The van der Waals surface area contributed by atoms with Crippen molar-refractivity contribution in [1.29, 1.82) is 0 Å². The summed E-state index contributed by atoms with van der Waals surface area (Å²) in [5.74, 6) is 2.73. The van der Waals surface area contributed by atoms with Crippen LogP contribution in [0.25, 0.3) is 0 Å². The van der Waals surface area contributed by atoms with E-state index in [0.29, 0.717) is 5.92 Å². The summed E-state index contributed by atoms with van der Waals surface area (Å²) >= 11 is 0. The van der Waals surface area contributed by atoms with E-state index < -0.39 is 0 Å². The number of aryl methyl sites for hydroxylation is 2. The van der Waals surface area contributed by atoms with Crippen LogP contribution in [0.5, 0.6) is 11.5 Å². The Hall–Kier alpha value is -2.10. The zero-order valence-electron chi connectivity index (χ0n) is 14.2. The van der Waals surface area contributed by atoms with Crippen LogP contribution in [0, 0.1) is 13.8 Å². The molecular formula is C18H24N2O2. The van der Waals surface area contributed by atoms with Gasteiger partial charge in [0, 0.05) is 18.3 Å². The van der Waals surface area contributed by atoms with Crippen LogP contribution in [-0.4, -0.2) is 24.2 Å². The van der Waals surface area contributed by atoms with Gasteiger partial charge in [-0.25, -0.2) is 9.97 Å². The average molecular weight is 300 g/mol. The molecule has 4 heteroatoms. The highest BCUT2D eigenvalue weighted by molar-refractivity contribution is 5.49. The Kier molecular flexibility index (Phi) is 5.01. The fraction of sp³-hybridized carbons (Fsp3) is 0.444. The van der Waals surface area contributed by atoms with E-state index in [2.05, 4.69) is 35.9 Å². The van der Waals surface area contributed by atoms with Gasteiger partial charge in [-0.1, -0.05) is 13.8 Å². The van der Waals surface area contributed by atoms with E-state index in [1.807, 2.05) is 20.0 Å². The summed E-state index contributed by atoms with van der Waals surface area (Å²) in [6.45, 7) is 8.30. The summed E-state index contributed by atoms with van der Waals surface area (Å²) in [6.07, 6.45) is 2.71. The highest BCUT2D eigenvalue weighted by Gasteiger charge is 2.15. The second-order valence-electron chi connectivity index (χ2n) is 5.77. The van der Waals surface area contributed by atoms with Crippen LogP contribution in [0.4, 0.5) is 0 Å². The zero-order valence-corrected chi connectivity index (χ0v) is 14.2. The van der Waals surface area contributed by atoms with Crippen molar-refractivity contribution in [3.8, 4) is 11.5 Å². The Labute approximate surface area is 132 Å². The SMILES string of the molecule is COc1cc(Cc2cnc(C)nc2C)c(C(C)C)cc1OC. The van der Waals surface area contributed by atoms with Gasteiger partial charge in [0.25, 0.3) is 0 Å². The van der Waals surface area contributed by atoms with Crippen molar-refractivity contribution < 1.29 is 9.47 Å². The molecular weight excluding hydrogens is 276 g/mol. The van der Waals surface area contributed by atoms with Crippen LogP contribution in [0.1, 0.15) is 48.0 Å². The smallest absolute Gasteiger partial charge is 0.161 e. The van der Waals surface area contributed by atoms with Gasteiger partial charge in [0.2, 0.25) is 0 Å². The number of aromatic nitrogens is 2. The summed E-state index contributed by atoms with van der Waals surface area (Å²) in [7, 11) is 3.33. The molecule has 22 heavy (non-hydrogen) atoms. The molecule has 0 aliphatic heterocycles. The Morgan fingerprint density at radius 2 is 1.64 bits per heavy atom. The number of rotatable bonds is 5. The van der Waals surface area contributed by atoms with E-state index in [1.54, 1.807) is 14.2 Å². The Morgan fingerprint density at radius 1 is 1.00 bits per heavy atom. The number of hydrogen-bond donors (Lipinski definition) is 0. The molecule has 4 nitrogen and oxygen atoms in total. The molecule has 0 aliphatic rings. The minimum absolute atomic E-state index is 0.404. The molecule has 2 rings (SSSR count). The molecule has 0 bridgehead atoms. The van der Waals surface area contributed by atoms with Crippen LogP contribution in [-0.2, 0) is 6.42 Å². The summed E-state index contributed by atoms with van der Waals surface area (Å²) in [6, 6.07) is 4.14. The van der Waals surface area contributed by atoms with Gasteiger partial charge in [-0.2, -0.15) is 0 Å². The molecule has 1 aromatic heterocycles. The van der Waals surface area contributed by atoms with Crippen molar-refractivity contribution in [2.24, 2.45) is 0 Å². The van der Waals surface area contributed by atoms with Crippen LogP contribution in [0.2, 0.25) is 0 Å². The first-order chi connectivity index (χ1) is 10.5. The predicted molar refractivity (Wildman–Crippen MR) is 87.9 cm³/mol. The number of benzene rings is 1. The monoisotopic (exact) mass is 300 g/mol. The van der Waals surface area contributed by atoms with Crippen molar-refractivity contribution >= 4 is 0 Å². The highest BCUT2D eigenvalue weighted by Crippen LogP contribution is 2.35. The molecule has 1 heterocycles. The van der Waals surface area contributed by atoms with E-state index in [-0.39, 0.29) is 0 Å². The molecule has 0 atom stereocenters. The van der Waals surface area contributed by atoms with Gasteiger partial charge >= 0.3 is 0 Å². The molecule has 0 saturated heterocycles. The third-order valence-corrected chi connectivity index (χ3v) is 3.85. The Bertz CT molecular complexity index is 666. The van der Waals surface area contributed by atoms with Crippen LogP contribution >= 0.6 is 0 Å². The van der Waals surface area contributed by atoms with Crippen molar-refractivity contribution in [2.45, 2.75) is 40.0 Å². The molecule has 0 aliphatic carbocycles. The van der Waals surface area contributed by atoms with Crippen molar-refractivity contribution in [3.63, 3.8) is 0 Å². The number of ether oxygens (including phenoxy) is 2. The molecule has 0 fully saturated rings. The largest absolute Gasteiger partial charge is 0.493 e. The van der Waals surface area contributed by atoms with Crippen LogP contribution in [0.3, 0.4) is 0 Å². The minimum atomic E-state index is 0.404. The third-order valence-electron chi connectivity index (χ3n) is 3.85. The van der Waals surface area contributed by atoms with Gasteiger partial charge in [-0.3, -0.25) is 0 Å². The maximum absolute atomic E-state index is 5.44. The fourth-order valence-electron chi connectivity index (χ4n) is 2.61. The van der Waals surface area contributed by atoms with E-state index >= 15 is 0 Å². The molecule has 1 aromatic carbocycles. The standard InChI is InChI=1S/C18H24N2O2/c1-11(2)16-9-18(22-6)17(21-5)8-14(16)7-15-10-19-13(4)20-12(15)3/h8-11H,7H2,1-6H3. The summed E-state index contributed by atoms with van der Waals surface area (Å²) in [5.41, 5.74) is 4.65. The summed E-state index contributed by atoms with van der Waals surface area (Å²) in [5, 5.41) is 0. The van der Waals surface area contributed by atoms with Gasteiger partial charge in [-0.05, 0) is 48.6 Å². The number of hydrogen-bond acceptors (Lipinski definition) is 4. The number of nitrogens with zero attached hydrogens (tertiary/aromatic N) is 2. The minimum Gasteiger partial charge on any atom is -0.493 e. The van der Waals surface area contributed by atoms with Gasteiger partial charge in [0.1, 0.15) is 5.82 Å². The molecule has 0 N–H and O–H groups in total. The second kappa shape index (κ2) is 6.77. The lowest BCUT2D eigenvalue weighted by Crippen LogP contribution is -2.04. The predicted octanol–water partition coefficient (Wildman–Crippen LogP) is 3.82. The van der Waals surface area contributed by atoms with Gasteiger partial charge in [0.15, 0.2) is 11.5 Å². The van der Waals surface area contributed by atoms with E-state index in [1.165, 1.54) is 11.1 Å². The van der Waals surface area contributed by atoms with Gasteiger partial charge in [0.05, 0.1) is 14.2 Å². The second-order valence-corrected chi connectivity index (χ2v) is 5.77. The zero-order chi connectivity index (χ0) is 16.3. The normalized spacial score (nSPS) is 10.9. The molecule has 0 unspecified atom stereocenters. The van der Waals surface area contributed by atoms with E-state index in [9.17, 15) is 0 Å². The van der Waals surface area contributed by atoms with Gasteiger partial charge in [-0.15, -0.1) is 0 Å². The van der Waals surface area contributed by atoms with Crippen LogP contribution < -0.4 is 9.47 Å². The molecule has 0 radical (unpaired) electrons. The molecule has 0 saturated carbocycles. The third kappa shape index (κ3) is 3.38. The Morgan fingerprint density at radius 3 is 2.18 bits per heavy atom. The first-order valence-electron chi connectivity index (χ1n) is 7.50.